The molecule has 2 rings (SSSR count). The van der Waals surface area contributed by atoms with Crippen molar-refractivity contribution in [1.82, 2.24) is 14.9 Å². The van der Waals surface area contributed by atoms with E-state index in [-0.39, 0.29) is 11.5 Å². The topological polar surface area (TPSA) is 64.0 Å². The van der Waals surface area contributed by atoms with Gasteiger partial charge in [0.15, 0.2) is 5.16 Å². The van der Waals surface area contributed by atoms with Crippen LogP contribution in [0.15, 0.2) is 38.7 Å². The van der Waals surface area contributed by atoms with Crippen LogP contribution in [0.3, 0.4) is 0 Å². The normalized spacial score (nSPS) is 11.1. The van der Waals surface area contributed by atoms with E-state index in [1.165, 1.54) is 11.8 Å². The second-order valence-electron chi connectivity index (χ2n) is 7.61. The molecule has 1 N–H and O–H groups in total. The standard InChI is InChI=1S/C22H30BrN3O2S/c1-15(2)11-12-24-20(27)6-5-13-29-22-25-16(3)19(21(28)26(22)4)14-17-7-9-18(23)10-8-17/h7-10,15H,5-6,11-14H2,1-4H3,(H,24,27). The zero-order valence-electron chi connectivity index (χ0n) is 17.6. The molecule has 0 aliphatic rings. The molecule has 0 aliphatic heterocycles. The Bertz CT molecular complexity index is 879. The zero-order chi connectivity index (χ0) is 21.4. The van der Waals surface area contributed by atoms with Gasteiger partial charge in [0.25, 0.3) is 5.56 Å². The summed E-state index contributed by atoms with van der Waals surface area (Å²) in [6.07, 6.45) is 2.83. The summed E-state index contributed by atoms with van der Waals surface area (Å²) in [6, 6.07) is 7.98. The summed E-state index contributed by atoms with van der Waals surface area (Å²) in [5.74, 6) is 1.44. The van der Waals surface area contributed by atoms with Gasteiger partial charge in [-0.15, -0.1) is 0 Å². The first-order valence-corrected chi connectivity index (χ1v) is 11.8. The second-order valence-corrected chi connectivity index (χ2v) is 9.59. The van der Waals surface area contributed by atoms with Gasteiger partial charge < -0.3 is 5.32 Å². The van der Waals surface area contributed by atoms with Gasteiger partial charge in [-0.05, 0) is 43.4 Å². The van der Waals surface area contributed by atoms with E-state index in [1.54, 1.807) is 11.6 Å². The summed E-state index contributed by atoms with van der Waals surface area (Å²) in [4.78, 5) is 29.3. The van der Waals surface area contributed by atoms with Crippen LogP contribution in [-0.2, 0) is 18.3 Å². The fraction of sp³-hybridized carbons (Fsp3) is 0.500. The average molecular weight is 480 g/mol. The minimum Gasteiger partial charge on any atom is -0.356 e. The summed E-state index contributed by atoms with van der Waals surface area (Å²) in [7, 11) is 1.76. The van der Waals surface area contributed by atoms with E-state index < -0.39 is 0 Å². The fourth-order valence-corrected chi connectivity index (χ4v) is 4.07. The number of benzene rings is 1. The molecule has 0 spiro atoms. The monoisotopic (exact) mass is 479 g/mol. The van der Waals surface area contributed by atoms with E-state index in [1.807, 2.05) is 31.2 Å². The minimum atomic E-state index is -0.00523. The lowest BCUT2D eigenvalue weighted by atomic mass is 10.1. The van der Waals surface area contributed by atoms with Gasteiger partial charge in [0.1, 0.15) is 0 Å². The predicted octanol–water partition coefficient (Wildman–Crippen LogP) is 4.48. The molecule has 1 aromatic heterocycles. The third-order valence-electron chi connectivity index (χ3n) is 4.67. The number of carbonyl (C=O) groups excluding carboxylic acids is 1. The van der Waals surface area contributed by atoms with E-state index >= 15 is 0 Å². The third kappa shape index (κ3) is 7.63. The molecule has 2 aromatic rings. The first kappa shape index (κ1) is 23.7. The fourth-order valence-electron chi connectivity index (χ4n) is 2.85. The molecule has 0 aliphatic carbocycles. The smallest absolute Gasteiger partial charge is 0.257 e. The molecule has 0 radical (unpaired) electrons. The van der Waals surface area contributed by atoms with Crippen LogP contribution in [0.2, 0.25) is 0 Å². The molecule has 29 heavy (non-hydrogen) atoms. The maximum atomic E-state index is 12.8. The third-order valence-corrected chi connectivity index (χ3v) is 6.31. The number of aryl methyl sites for hydroxylation is 1. The van der Waals surface area contributed by atoms with Crippen molar-refractivity contribution in [3.63, 3.8) is 0 Å². The molecule has 7 heteroatoms. The zero-order valence-corrected chi connectivity index (χ0v) is 20.0. The first-order chi connectivity index (χ1) is 13.8. The average Bonchev–Trinajstić information content (AvgIpc) is 2.67. The van der Waals surface area contributed by atoms with E-state index in [0.717, 1.165) is 46.4 Å². The van der Waals surface area contributed by atoms with Gasteiger partial charge in [-0.2, -0.15) is 0 Å². The maximum Gasteiger partial charge on any atom is 0.257 e. The number of hydrogen-bond donors (Lipinski definition) is 1. The predicted molar refractivity (Wildman–Crippen MR) is 124 cm³/mol. The molecule has 1 heterocycles. The summed E-state index contributed by atoms with van der Waals surface area (Å²) >= 11 is 4.96. The van der Waals surface area contributed by atoms with Crippen molar-refractivity contribution >= 4 is 33.6 Å². The molecule has 1 amide bonds. The molecule has 0 fully saturated rings. The Morgan fingerprint density at radius 2 is 1.97 bits per heavy atom. The molecule has 5 nitrogen and oxygen atoms in total. The second kappa shape index (κ2) is 11.6. The molecule has 0 unspecified atom stereocenters. The van der Waals surface area contributed by atoms with Crippen LogP contribution < -0.4 is 10.9 Å². The van der Waals surface area contributed by atoms with E-state index in [0.29, 0.717) is 23.9 Å². The largest absolute Gasteiger partial charge is 0.356 e. The van der Waals surface area contributed by atoms with E-state index in [9.17, 15) is 9.59 Å². The van der Waals surface area contributed by atoms with Crippen molar-refractivity contribution in [2.75, 3.05) is 12.3 Å². The maximum absolute atomic E-state index is 12.8. The number of nitrogens with one attached hydrogen (secondary N) is 1. The Labute approximate surface area is 185 Å². The van der Waals surface area contributed by atoms with Crippen LogP contribution in [0.25, 0.3) is 0 Å². The van der Waals surface area contributed by atoms with Crippen LogP contribution in [0.5, 0.6) is 0 Å². The quantitative estimate of drug-likeness (QED) is 0.310. The summed E-state index contributed by atoms with van der Waals surface area (Å²) in [5.41, 5.74) is 2.57. The number of hydrogen-bond acceptors (Lipinski definition) is 4. The lowest BCUT2D eigenvalue weighted by molar-refractivity contribution is -0.121. The molecule has 0 saturated carbocycles. The molecule has 1 aromatic carbocycles. The van der Waals surface area contributed by atoms with Gasteiger partial charge in [0.05, 0.1) is 0 Å². The summed E-state index contributed by atoms with van der Waals surface area (Å²) in [6.45, 7) is 6.92. The van der Waals surface area contributed by atoms with Crippen molar-refractivity contribution in [3.05, 3.63) is 55.9 Å². The molecule has 158 valence electrons. The Hall–Kier alpha value is -1.60. The highest BCUT2D eigenvalue weighted by molar-refractivity contribution is 9.10. The Morgan fingerprint density at radius 1 is 1.28 bits per heavy atom. The van der Waals surface area contributed by atoms with Crippen molar-refractivity contribution < 1.29 is 4.79 Å². The van der Waals surface area contributed by atoms with Gasteiger partial charge in [-0.3, -0.25) is 14.2 Å². The highest BCUT2D eigenvalue weighted by atomic mass is 79.9. The number of carbonyl (C=O) groups is 1. The molecule has 0 saturated heterocycles. The molecular weight excluding hydrogens is 450 g/mol. The molecule has 0 atom stereocenters. The van der Waals surface area contributed by atoms with Gasteiger partial charge in [0.2, 0.25) is 5.91 Å². The van der Waals surface area contributed by atoms with Crippen LogP contribution >= 0.6 is 27.7 Å². The Kier molecular flexibility index (Phi) is 9.43. The number of nitrogens with zero attached hydrogens (tertiary/aromatic N) is 2. The van der Waals surface area contributed by atoms with Crippen molar-refractivity contribution in [3.8, 4) is 0 Å². The van der Waals surface area contributed by atoms with Gasteiger partial charge in [-0.1, -0.05) is 53.7 Å². The Balaban J connectivity index is 1.91. The van der Waals surface area contributed by atoms with Gasteiger partial charge in [0, 0.05) is 47.9 Å². The lowest BCUT2D eigenvalue weighted by Gasteiger charge is -2.12. The number of amides is 1. The lowest BCUT2D eigenvalue weighted by Crippen LogP contribution is -2.26. The van der Waals surface area contributed by atoms with Crippen LogP contribution in [0.1, 0.15) is 49.9 Å². The highest BCUT2D eigenvalue weighted by Crippen LogP contribution is 2.19. The minimum absolute atomic E-state index is 0.00523. The molecule has 0 bridgehead atoms. The van der Waals surface area contributed by atoms with Crippen LogP contribution in [-0.4, -0.2) is 27.8 Å². The van der Waals surface area contributed by atoms with E-state index in [2.05, 4.69) is 40.1 Å². The highest BCUT2D eigenvalue weighted by Gasteiger charge is 2.13. The first-order valence-electron chi connectivity index (χ1n) is 9.98. The van der Waals surface area contributed by atoms with Crippen LogP contribution in [0, 0.1) is 12.8 Å². The van der Waals surface area contributed by atoms with Crippen molar-refractivity contribution in [2.45, 2.75) is 51.6 Å². The Morgan fingerprint density at radius 3 is 2.62 bits per heavy atom. The van der Waals surface area contributed by atoms with Crippen molar-refractivity contribution in [2.24, 2.45) is 13.0 Å². The summed E-state index contributed by atoms with van der Waals surface area (Å²) < 4.78 is 2.64. The number of rotatable bonds is 10. The summed E-state index contributed by atoms with van der Waals surface area (Å²) in [5, 5.41) is 3.66. The van der Waals surface area contributed by atoms with Gasteiger partial charge in [-0.25, -0.2) is 4.98 Å². The number of halogens is 1. The number of aromatic nitrogens is 2. The van der Waals surface area contributed by atoms with Crippen molar-refractivity contribution in [1.29, 1.82) is 0 Å². The van der Waals surface area contributed by atoms with E-state index in [4.69, 9.17) is 0 Å². The number of thioether (sulfide) groups is 1. The molecular formula is C22H30BrN3O2S. The van der Waals surface area contributed by atoms with Crippen LogP contribution in [0.4, 0.5) is 0 Å². The van der Waals surface area contributed by atoms with Gasteiger partial charge >= 0.3 is 0 Å². The SMILES string of the molecule is Cc1nc(SCCCC(=O)NCCC(C)C)n(C)c(=O)c1Cc1ccc(Br)cc1.